The lowest BCUT2D eigenvalue weighted by atomic mass is 10.1. The lowest BCUT2D eigenvalue weighted by Gasteiger charge is -2.09. The first-order chi connectivity index (χ1) is 7.95. The van der Waals surface area contributed by atoms with Gasteiger partial charge in [-0.1, -0.05) is 11.6 Å². The average Bonchev–Trinajstić information content (AvgIpc) is 2.28. The molecule has 1 amide bonds. The predicted molar refractivity (Wildman–Crippen MR) is 62.6 cm³/mol. The second-order valence-electron chi connectivity index (χ2n) is 3.18. The van der Waals surface area contributed by atoms with Gasteiger partial charge in [-0.2, -0.15) is 0 Å². The van der Waals surface area contributed by atoms with E-state index in [1.54, 1.807) is 0 Å². The Morgan fingerprint density at radius 2 is 2.00 bits per heavy atom. The fraction of sp³-hybridized carbons (Fsp3) is 0.200. The topological polar surface area (TPSA) is 86.6 Å². The minimum Gasteiger partial charge on any atom is -0.507 e. The van der Waals surface area contributed by atoms with E-state index >= 15 is 0 Å². The Kier molecular flexibility index (Phi) is 4.60. The number of hydrogen-bond acceptors (Lipinski definition) is 3. The first-order valence-electron chi connectivity index (χ1n) is 4.53. The van der Waals surface area contributed by atoms with Gasteiger partial charge in [0.15, 0.2) is 0 Å². The minimum absolute atomic E-state index is 0.0434. The Morgan fingerprint density at radius 1 is 1.35 bits per heavy atom. The standard InChI is InChI=1S/C10H9Cl2NO4/c11-3-8(14)13-4-5-1-6(12)2-7(9(5)15)10(16)17/h1-2,15H,3-4H2,(H,13,14)(H,16,17). The van der Waals surface area contributed by atoms with Crippen molar-refractivity contribution in [1.29, 1.82) is 0 Å². The summed E-state index contributed by atoms with van der Waals surface area (Å²) < 4.78 is 0. The molecule has 0 aliphatic carbocycles. The van der Waals surface area contributed by atoms with E-state index in [9.17, 15) is 14.7 Å². The summed E-state index contributed by atoms with van der Waals surface area (Å²) in [6.45, 7) is -0.0434. The molecule has 1 aromatic carbocycles. The first-order valence-corrected chi connectivity index (χ1v) is 5.44. The van der Waals surface area contributed by atoms with E-state index in [-0.39, 0.29) is 28.6 Å². The zero-order valence-electron chi connectivity index (χ0n) is 8.54. The number of halogens is 2. The SMILES string of the molecule is O=C(CCl)NCc1cc(Cl)cc(C(=O)O)c1O. The third kappa shape index (κ3) is 3.51. The molecular formula is C10H9Cl2NO4. The molecule has 0 aromatic heterocycles. The summed E-state index contributed by atoms with van der Waals surface area (Å²) in [6, 6.07) is 2.50. The maximum atomic E-state index is 10.9. The van der Waals surface area contributed by atoms with E-state index in [1.807, 2.05) is 0 Å². The van der Waals surface area contributed by atoms with Gasteiger partial charge >= 0.3 is 5.97 Å². The van der Waals surface area contributed by atoms with Gasteiger partial charge in [-0.25, -0.2) is 4.79 Å². The largest absolute Gasteiger partial charge is 0.507 e. The van der Waals surface area contributed by atoms with Gasteiger partial charge < -0.3 is 15.5 Å². The van der Waals surface area contributed by atoms with Crippen LogP contribution in [0.4, 0.5) is 0 Å². The Labute approximate surface area is 107 Å². The summed E-state index contributed by atoms with van der Waals surface area (Å²) in [4.78, 5) is 21.7. The normalized spacial score (nSPS) is 10.0. The highest BCUT2D eigenvalue weighted by atomic mass is 35.5. The van der Waals surface area contributed by atoms with Crippen LogP contribution in [-0.2, 0) is 11.3 Å². The number of carboxylic acid groups (broad SMARTS) is 1. The number of amides is 1. The van der Waals surface area contributed by atoms with E-state index in [2.05, 4.69) is 5.32 Å². The molecule has 0 saturated heterocycles. The van der Waals surface area contributed by atoms with Gasteiger partial charge in [0.05, 0.1) is 0 Å². The molecule has 0 fully saturated rings. The Balaban J connectivity index is 2.99. The highest BCUT2D eigenvalue weighted by Gasteiger charge is 2.15. The zero-order chi connectivity index (χ0) is 13.0. The van der Waals surface area contributed by atoms with Crippen LogP contribution in [0, 0.1) is 0 Å². The maximum absolute atomic E-state index is 10.9. The molecule has 7 heteroatoms. The number of alkyl halides is 1. The van der Waals surface area contributed by atoms with Crippen LogP contribution in [0.2, 0.25) is 5.02 Å². The Hall–Kier alpha value is -1.46. The summed E-state index contributed by atoms with van der Waals surface area (Å²) in [5.74, 6) is -2.36. The van der Waals surface area contributed by atoms with E-state index in [1.165, 1.54) is 6.07 Å². The molecule has 0 aliphatic rings. The Morgan fingerprint density at radius 3 is 2.53 bits per heavy atom. The number of benzene rings is 1. The van der Waals surface area contributed by atoms with Crippen LogP contribution < -0.4 is 5.32 Å². The molecule has 1 rings (SSSR count). The fourth-order valence-corrected chi connectivity index (χ4v) is 1.53. The van der Waals surface area contributed by atoms with Crippen LogP contribution in [0.3, 0.4) is 0 Å². The quantitative estimate of drug-likeness (QED) is 0.730. The molecule has 0 aliphatic heterocycles. The number of nitrogens with one attached hydrogen (secondary N) is 1. The molecule has 0 bridgehead atoms. The van der Waals surface area contributed by atoms with Gasteiger partial charge in [0.2, 0.25) is 5.91 Å². The van der Waals surface area contributed by atoms with Crippen molar-refractivity contribution in [3.8, 4) is 5.75 Å². The van der Waals surface area contributed by atoms with Crippen molar-refractivity contribution in [3.63, 3.8) is 0 Å². The number of carbonyl (C=O) groups is 2. The number of rotatable bonds is 4. The van der Waals surface area contributed by atoms with Gasteiger partial charge in [-0.15, -0.1) is 11.6 Å². The lowest BCUT2D eigenvalue weighted by molar-refractivity contribution is -0.118. The van der Waals surface area contributed by atoms with Gasteiger partial charge in [0, 0.05) is 17.1 Å². The lowest BCUT2D eigenvalue weighted by Crippen LogP contribution is -2.23. The number of carbonyl (C=O) groups excluding carboxylic acids is 1. The van der Waals surface area contributed by atoms with Crippen LogP contribution >= 0.6 is 23.2 Å². The van der Waals surface area contributed by atoms with Gasteiger partial charge in [-0.3, -0.25) is 4.79 Å². The molecule has 3 N–H and O–H groups in total. The second kappa shape index (κ2) is 5.75. The third-order valence-electron chi connectivity index (χ3n) is 1.98. The summed E-state index contributed by atoms with van der Waals surface area (Å²) in [5, 5.41) is 21.0. The number of phenols is 1. The smallest absolute Gasteiger partial charge is 0.339 e. The number of aromatic carboxylic acids is 1. The summed E-state index contributed by atoms with van der Waals surface area (Å²) in [7, 11) is 0. The molecule has 0 saturated carbocycles. The zero-order valence-corrected chi connectivity index (χ0v) is 10.0. The molecule has 5 nitrogen and oxygen atoms in total. The second-order valence-corrected chi connectivity index (χ2v) is 3.88. The molecule has 0 heterocycles. The Bertz CT molecular complexity index is 462. The van der Waals surface area contributed by atoms with E-state index in [0.717, 1.165) is 6.07 Å². The molecule has 0 radical (unpaired) electrons. The van der Waals surface area contributed by atoms with Crippen LogP contribution in [0.5, 0.6) is 5.75 Å². The number of carboxylic acids is 1. The van der Waals surface area contributed by atoms with Crippen LogP contribution in [0.1, 0.15) is 15.9 Å². The van der Waals surface area contributed by atoms with Crippen molar-refractivity contribution in [2.45, 2.75) is 6.54 Å². The molecule has 0 unspecified atom stereocenters. The monoisotopic (exact) mass is 277 g/mol. The average molecular weight is 278 g/mol. The molecule has 0 atom stereocenters. The number of hydrogen-bond donors (Lipinski definition) is 3. The highest BCUT2D eigenvalue weighted by Crippen LogP contribution is 2.27. The van der Waals surface area contributed by atoms with E-state index in [4.69, 9.17) is 28.3 Å². The molecule has 92 valence electrons. The minimum atomic E-state index is -1.30. The van der Waals surface area contributed by atoms with Crippen molar-refractivity contribution >= 4 is 35.1 Å². The van der Waals surface area contributed by atoms with Crippen molar-refractivity contribution in [2.24, 2.45) is 0 Å². The van der Waals surface area contributed by atoms with Crippen molar-refractivity contribution in [3.05, 3.63) is 28.3 Å². The van der Waals surface area contributed by atoms with Crippen molar-refractivity contribution in [1.82, 2.24) is 5.32 Å². The van der Waals surface area contributed by atoms with E-state index < -0.39 is 17.6 Å². The maximum Gasteiger partial charge on any atom is 0.339 e. The predicted octanol–water partition coefficient (Wildman–Crippen LogP) is 1.60. The van der Waals surface area contributed by atoms with Crippen molar-refractivity contribution in [2.75, 3.05) is 5.88 Å². The summed E-state index contributed by atoms with van der Waals surface area (Å²) in [5.41, 5.74) is -0.0963. The van der Waals surface area contributed by atoms with Crippen LogP contribution in [-0.4, -0.2) is 28.0 Å². The summed E-state index contributed by atoms with van der Waals surface area (Å²) in [6.07, 6.45) is 0. The van der Waals surface area contributed by atoms with Crippen molar-refractivity contribution < 1.29 is 19.8 Å². The fourth-order valence-electron chi connectivity index (χ4n) is 1.19. The first kappa shape index (κ1) is 13.6. The molecule has 0 spiro atoms. The van der Waals surface area contributed by atoms with Crippen LogP contribution in [0.15, 0.2) is 12.1 Å². The van der Waals surface area contributed by atoms with Gasteiger partial charge in [0.25, 0.3) is 0 Å². The number of aromatic hydroxyl groups is 1. The molecule has 1 aromatic rings. The molecule has 17 heavy (non-hydrogen) atoms. The summed E-state index contributed by atoms with van der Waals surface area (Å²) >= 11 is 11.0. The third-order valence-corrected chi connectivity index (χ3v) is 2.44. The van der Waals surface area contributed by atoms with Gasteiger partial charge in [-0.05, 0) is 12.1 Å². The van der Waals surface area contributed by atoms with E-state index in [0.29, 0.717) is 0 Å². The van der Waals surface area contributed by atoms with Gasteiger partial charge in [0.1, 0.15) is 17.2 Å². The molecular weight excluding hydrogens is 269 g/mol. The van der Waals surface area contributed by atoms with Crippen LogP contribution in [0.25, 0.3) is 0 Å². The highest BCUT2D eigenvalue weighted by molar-refractivity contribution is 6.31.